The van der Waals surface area contributed by atoms with Gasteiger partial charge in [-0.3, -0.25) is 14.5 Å². The first-order valence-corrected chi connectivity index (χ1v) is 18.5. The van der Waals surface area contributed by atoms with Crippen LogP contribution >= 0.6 is 11.6 Å². The molecule has 57 heavy (non-hydrogen) atoms. The molecule has 1 aromatic heterocycles. The van der Waals surface area contributed by atoms with Gasteiger partial charge in [-0.15, -0.1) is 0 Å². The number of nitrogens with zero attached hydrogens (tertiary/aromatic N) is 2. The Morgan fingerprint density at radius 1 is 0.895 bits per heavy atom. The number of ether oxygens (including phenoxy) is 4. The van der Waals surface area contributed by atoms with Crippen LogP contribution in [0, 0.1) is 0 Å². The van der Waals surface area contributed by atoms with Crippen molar-refractivity contribution < 1.29 is 69.0 Å². The second kappa shape index (κ2) is 17.9. The summed E-state index contributed by atoms with van der Waals surface area (Å²) in [6.07, 6.45) is -17.0. The maximum atomic E-state index is 13.3. The van der Waals surface area contributed by atoms with Crippen LogP contribution in [0.2, 0.25) is 5.02 Å². The lowest BCUT2D eigenvalue weighted by molar-refractivity contribution is -0.298. The number of benzene rings is 3. The number of aliphatic hydroxyl groups is 7. The van der Waals surface area contributed by atoms with Crippen molar-refractivity contribution in [2.24, 2.45) is 0 Å². The summed E-state index contributed by atoms with van der Waals surface area (Å²) in [6, 6.07) is 15.7. The average Bonchev–Trinajstić information content (AvgIpc) is 3.19. The highest BCUT2D eigenvalue weighted by molar-refractivity contribution is 6.30. The largest absolute Gasteiger partial charge is 0.507 e. The molecule has 9 atom stereocenters. The first kappa shape index (κ1) is 42.1. The molecule has 0 aliphatic carbocycles. The third-order valence-electron chi connectivity index (χ3n) is 10.0. The first-order chi connectivity index (χ1) is 27.1. The SMILES string of the molecule is COc1ccc(-c2cc(=O)c3c(O)cc(OC4O[C@H]([C@H](O)[C@@H](O)[C@H](O)[C@@H](C)O)[C@@H](O)[C@H](O)[C@H]4O)cc3o2)cc1OCC(=O)N1CCN(Cc2ccc(Cl)cc2)CC1. The van der Waals surface area contributed by atoms with E-state index in [2.05, 4.69) is 4.90 Å². The van der Waals surface area contributed by atoms with Crippen molar-refractivity contribution in [3.05, 3.63) is 81.5 Å². The highest BCUT2D eigenvalue weighted by atomic mass is 35.5. The van der Waals surface area contributed by atoms with Crippen molar-refractivity contribution in [1.82, 2.24) is 9.80 Å². The Morgan fingerprint density at radius 3 is 2.26 bits per heavy atom. The van der Waals surface area contributed by atoms with E-state index in [0.29, 0.717) is 42.5 Å². The monoisotopic (exact) mass is 816 g/mol. The maximum Gasteiger partial charge on any atom is 0.260 e. The van der Waals surface area contributed by atoms with Crippen LogP contribution in [0.5, 0.6) is 23.0 Å². The number of fused-ring (bicyclic) bond motifs is 1. The van der Waals surface area contributed by atoms with Gasteiger partial charge in [0.25, 0.3) is 5.91 Å². The average molecular weight is 817 g/mol. The van der Waals surface area contributed by atoms with Crippen LogP contribution in [-0.2, 0) is 16.1 Å². The summed E-state index contributed by atoms with van der Waals surface area (Å²) in [5.74, 6) is -0.513. The zero-order valence-electron chi connectivity index (χ0n) is 30.9. The molecule has 17 nitrogen and oxygen atoms in total. The molecule has 8 N–H and O–H groups in total. The van der Waals surface area contributed by atoms with E-state index in [1.165, 1.54) is 19.2 Å². The van der Waals surface area contributed by atoms with Crippen LogP contribution in [0.3, 0.4) is 0 Å². The van der Waals surface area contributed by atoms with Crippen molar-refractivity contribution in [2.45, 2.75) is 68.6 Å². The van der Waals surface area contributed by atoms with Crippen LogP contribution in [0.1, 0.15) is 12.5 Å². The van der Waals surface area contributed by atoms with Crippen LogP contribution in [0.15, 0.2) is 69.9 Å². The van der Waals surface area contributed by atoms with Gasteiger partial charge in [-0.25, -0.2) is 0 Å². The molecule has 3 heterocycles. The van der Waals surface area contributed by atoms with E-state index in [9.17, 15) is 50.4 Å². The molecular weight excluding hydrogens is 772 g/mol. The Kier molecular flexibility index (Phi) is 13.3. The molecule has 0 spiro atoms. The number of aliphatic hydroxyl groups excluding tert-OH is 7. The third kappa shape index (κ3) is 9.45. The number of carbonyl (C=O) groups is 1. The maximum absolute atomic E-state index is 13.3. The fourth-order valence-electron chi connectivity index (χ4n) is 6.70. The van der Waals surface area contributed by atoms with E-state index < -0.39 is 66.3 Å². The number of carbonyl (C=O) groups excluding carboxylic acids is 1. The zero-order chi connectivity index (χ0) is 41.1. The Morgan fingerprint density at radius 2 is 1.60 bits per heavy atom. The number of amides is 1. The smallest absolute Gasteiger partial charge is 0.260 e. The standard InChI is InChI=1S/C39H45ClN2O15/c1-19(43)32(47)33(48)35(50)38-36(51)34(49)37(52)39(57-38)55-23-14-24(44)31-25(45)16-27(56-29(31)15-23)21-5-8-26(53-2)28(13-21)54-18-30(46)42-11-9-41(10-12-42)17-20-3-6-22(40)7-4-20/h3-8,13-16,19,32-39,43-44,47-52H,9-12,17-18H2,1-2H3/t19-,32-,33+,34+,35-,36+,37-,38-,39?/m1/s1. The molecule has 2 fully saturated rings. The molecule has 2 saturated heterocycles. The van der Waals surface area contributed by atoms with Crippen LogP contribution in [-0.4, -0.2) is 152 Å². The van der Waals surface area contributed by atoms with E-state index >= 15 is 0 Å². The number of phenols is 1. The number of aromatic hydroxyl groups is 1. The Balaban J connectivity index is 1.16. The van der Waals surface area contributed by atoms with Gasteiger partial charge in [0.1, 0.15) is 71.0 Å². The van der Waals surface area contributed by atoms with E-state index in [0.717, 1.165) is 31.2 Å². The summed E-state index contributed by atoms with van der Waals surface area (Å²) in [5, 5.41) is 83.4. The molecule has 3 aromatic carbocycles. The van der Waals surface area contributed by atoms with Crippen LogP contribution in [0.25, 0.3) is 22.3 Å². The lowest BCUT2D eigenvalue weighted by Crippen LogP contribution is -2.64. The number of rotatable bonds is 13. The van der Waals surface area contributed by atoms with Gasteiger partial charge in [0.05, 0.1) is 13.2 Å². The third-order valence-corrected chi connectivity index (χ3v) is 10.3. The summed E-state index contributed by atoms with van der Waals surface area (Å²) >= 11 is 6.00. The van der Waals surface area contributed by atoms with Crippen molar-refractivity contribution in [3.63, 3.8) is 0 Å². The quantitative estimate of drug-likeness (QED) is 0.0898. The molecule has 1 unspecified atom stereocenters. The first-order valence-electron chi connectivity index (χ1n) is 18.1. The molecule has 1 amide bonds. The summed E-state index contributed by atoms with van der Waals surface area (Å²) in [4.78, 5) is 30.4. The number of phenolic OH excluding ortho intramolecular Hbond substituents is 1. The molecule has 2 aliphatic rings. The second-order valence-corrected chi connectivity index (χ2v) is 14.4. The number of hydrogen-bond acceptors (Lipinski definition) is 16. The Hall–Kier alpha value is -4.53. The van der Waals surface area contributed by atoms with Gasteiger partial charge in [-0.1, -0.05) is 23.7 Å². The van der Waals surface area contributed by atoms with E-state index in [4.69, 9.17) is 35.0 Å². The van der Waals surface area contributed by atoms with Gasteiger partial charge in [-0.2, -0.15) is 0 Å². The molecular formula is C39H45ClN2O15. The molecule has 2 aliphatic heterocycles. The minimum atomic E-state index is -2.07. The van der Waals surface area contributed by atoms with Gasteiger partial charge in [0.15, 0.2) is 23.5 Å². The number of methoxy groups -OCH3 is 1. The van der Waals surface area contributed by atoms with E-state index in [1.807, 2.05) is 24.3 Å². The second-order valence-electron chi connectivity index (χ2n) is 14.0. The Labute approximate surface area is 331 Å². The molecule has 0 bridgehead atoms. The van der Waals surface area contributed by atoms with Crippen LogP contribution < -0.4 is 19.6 Å². The fourth-order valence-corrected chi connectivity index (χ4v) is 6.83. The number of hydrogen-bond donors (Lipinski definition) is 8. The molecule has 6 rings (SSSR count). The summed E-state index contributed by atoms with van der Waals surface area (Å²) in [7, 11) is 1.43. The summed E-state index contributed by atoms with van der Waals surface area (Å²) < 4.78 is 28.5. The van der Waals surface area contributed by atoms with Gasteiger partial charge < -0.3 is 69.1 Å². The molecule has 4 aromatic rings. The van der Waals surface area contributed by atoms with Gasteiger partial charge in [0, 0.05) is 61.5 Å². The van der Waals surface area contributed by atoms with Crippen molar-refractivity contribution >= 4 is 28.5 Å². The van der Waals surface area contributed by atoms with Gasteiger partial charge in [0.2, 0.25) is 6.29 Å². The normalized spacial score (nSPS) is 23.8. The molecule has 0 saturated carbocycles. The molecule has 18 heteroatoms. The topological polar surface area (TPSA) is 253 Å². The molecule has 0 radical (unpaired) electrons. The predicted octanol–water partition coefficient (Wildman–Crippen LogP) is 0.201. The van der Waals surface area contributed by atoms with Gasteiger partial charge >= 0.3 is 0 Å². The molecule has 308 valence electrons. The zero-order valence-corrected chi connectivity index (χ0v) is 31.7. The van der Waals surface area contributed by atoms with Crippen LogP contribution in [0.4, 0.5) is 0 Å². The van der Waals surface area contributed by atoms with E-state index in [-0.39, 0.29) is 40.7 Å². The van der Waals surface area contributed by atoms with E-state index in [1.54, 1.807) is 17.0 Å². The predicted molar refractivity (Wildman–Crippen MR) is 202 cm³/mol. The highest BCUT2D eigenvalue weighted by Gasteiger charge is 2.50. The highest BCUT2D eigenvalue weighted by Crippen LogP contribution is 2.36. The van der Waals surface area contributed by atoms with Crippen molar-refractivity contribution in [1.29, 1.82) is 0 Å². The van der Waals surface area contributed by atoms with Gasteiger partial charge in [-0.05, 0) is 42.8 Å². The number of halogens is 1. The minimum absolute atomic E-state index is 0.0287. The number of piperazine rings is 1. The Bertz CT molecular complexity index is 2070. The minimum Gasteiger partial charge on any atom is -0.507 e. The summed E-state index contributed by atoms with van der Waals surface area (Å²) in [5.41, 5.74) is 0.658. The summed E-state index contributed by atoms with van der Waals surface area (Å²) in [6.45, 7) is 3.99. The van der Waals surface area contributed by atoms with Crippen molar-refractivity contribution in [2.75, 3.05) is 39.9 Å². The lowest BCUT2D eigenvalue weighted by atomic mass is 9.90. The lowest BCUT2D eigenvalue weighted by Gasteiger charge is -2.43. The van der Waals surface area contributed by atoms with Crippen molar-refractivity contribution in [3.8, 4) is 34.3 Å². The fraction of sp³-hybridized carbons (Fsp3) is 0.436.